The minimum Gasteiger partial charge on any atom is -0.497 e. The van der Waals surface area contributed by atoms with E-state index in [1.165, 1.54) is 0 Å². The molecule has 0 amide bonds. The molecular formula is C12H19NO2. The molecule has 3 nitrogen and oxygen atoms in total. The molecule has 0 bridgehead atoms. The predicted octanol–water partition coefficient (Wildman–Crippen LogP) is 1.81. The number of nitrogens with two attached hydrogens (primary N) is 1. The monoisotopic (exact) mass is 209 g/mol. The van der Waals surface area contributed by atoms with Gasteiger partial charge in [0.2, 0.25) is 0 Å². The molecular weight excluding hydrogens is 190 g/mol. The number of methoxy groups -OCH3 is 1. The minimum absolute atomic E-state index is 0.420. The van der Waals surface area contributed by atoms with Crippen LogP contribution in [0.2, 0.25) is 0 Å². The van der Waals surface area contributed by atoms with Gasteiger partial charge in [0.1, 0.15) is 5.75 Å². The van der Waals surface area contributed by atoms with Crippen molar-refractivity contribution < 1.29 is 9.47 Å². The van der Waals surface area contributed by atoms with Gasteiger partial charge in [0.15, 0.2) is 0 Å². The minimum atomic E-state index is 0.420. The lowest BCUT2D eigenvalue weighted by Gasteiger charge is -2.09. The summed E-state index contributed by atoms with van der Waals surface area (Å²) in [6, 6.07) is 7.88. The summed E-state index contributed by atoms with van der Waals surface area (Å²) in [6.07, 6.45) is 0. The summed E-state index contributed by atoms with van der Waals surface area (Å²) in [6.45, 7) is 4.09. The fourth-order valence-electron chi connectivity index (χ4n) is 1.17. The van der Waals surface area contributed by atoms with Gasteiger partial charge in [0.05, 0.1) is 20.3 Å². The molecule has 0 spiro atoms. The molecule has 1 aromatic carbocycles. The van der Waals surface area contributed by atoms with Gasteiger partial charge in [-0.15, -0.1) is 0 Å². The third kappa shape index (κ3) is 4.32. The van der Waals surface area contributed by atoms with Crippen molar-refractivity contribution in [3.05, 3.63) is 29.8 Å². The van der Waals surface area contributed by atoms with Gasteiger partial charge in [-0.05, 0) is 30.2 Å². The largest absolute Gasteiger partial charge is 0.497 e. The Labute approximate surface area is 91.2 Å². The average Bonchev–Trinajstić information content (AvgIpc) is 2.29. The molecule has 0 saturated carbocycles. The summed E-state index contributed by atoms with van der Waals surface area (Å²) in [5, 5.41) is 0. The van der Waals surface area contributed by atoms with Crippen LogP contribution in [-0.2, 0) is 11.3 Å². The third-order valence-electron chi connectivity index (χ3n) is 2.23. The standard InChI is InChI=1S/C12H19NO2/c1-10(7-13)8-15-9-11-3-5-12(14-2)6-4-11/h3-6,10H,7-9,13H2,1-2H3. The first kappa shape index (κ1) is 12.0. The quantitative estimate of drug-likeness (QED) is 0.777. The molecule has 0 radical (unpaired) electrons. The van der Waals surface area contributed by atoms with Crippen molar-refractivity contribution in [2.75, 3.05) is 20.3 Å². The highest BCUT2D eigenvalue weighted by Gasteiger charge is 1.99. The molecule has 3 heteroatoms. The summed E-state index contributed by atoms with van der Waals surface area (Å²) < 4.78 is 10.6. The van der Waals surface area contributed by atoms with E-state index >= 15 is 0 Å². The van der Waals surface area contributed by atoms with E-state index in [4.69, 9.17) is 15.2 Å². The van der Waals surface area contributed by atoms with E-state index in [2.05, 4.69) is 6.92 Å². The third-order valence-corrected chi connectivity index (χ3v) is 2.23. The fraction of sp³-hybridized carbons (Fsp3) is 0.500. The fourth-order valence-corrected chi connectivity index (χ4v) is 1.17. The summed E-state index contributed by atoms with van der Waals surface area (Å²) in [7, 11) is 1.66. The Morgan fingerprint density at radius 2 is 1.93 bits per heavy atom. The van der Waals surface area contributed by atoms with Gasteiger partial charge in [-0.3, -0.25) is 0 Å². The molecule has 84 valence electrons. The molecule has 0 aliphatic heterocycles. The Hall–Kier alpha value is -1.06. The van der Waals surface area contributed by atoms with E-state index in [9.17, 15) is 0 Å². The zero-order valence-electron chi connectivity index (χ0n) is 9.40. The van der Waals surface area contributed by atoms with Gasteiger partial charge < -0.3 is 15.2 Å². The normalized spacial score (nSPS) is 12.5. The van der Waals surface area contributed by atoms with Crippen molar-refractivity contribution in [3.8, 4) is 5.75 Å². The number of benzene rings is 1. The van der Waals surface area contributed by atoms with Gasteiger partial charge in [-0.25, -0.2) is 0 Å². The summed E-state index contributed by atoms with van der Waals surface area (Å²) in [5.41, 5.74) is 6.65. The highest BCUT2D eigenvalue weighted by molar-refractivity contribution is 5.26. The topological polar surface area (TPSA) is 44.5 Å². The summed E-state index contributed by atoms with van der Waals surface area (Å²) >= 11 is 0. The van der Waals surface area contributed by atoms with Gasteiger partial charge in [-0.2, -0.15) is 0 Å². The van der Waals surface area contributed by atoms with Crippen LogP contribution in [0, 0.1) is 5.92 Å². The van der Waals surface area contributed by atoms with Crippen LogP contribution in [0.5, 0.6) is 5.75 Å². The number of rotatable bonds is 6. The van der Waals surface area contributed by atoms with Gasteiger partial charge >= 0.3 is 0 Å². The van der Waals surface area contributed by atoms with Crippen LogP contribution >= 0.6 is 0 Å². The molecule has 0 heterocycles. The Bertz CT molecular complexity index is 271. The zero-order valence-corrected chi connectivity index (χ0v) is 9.40. The van der Waals surface area contributed by atoms with Crippen molar-refractivity contribution in [1.82, 2.24) is 0 Å². The van der Waals surface area contributed by atoms with Crippen molar-refractivity contribution in [3.63, 3.8) is 0 Å². The highest BCUT2D eigenvalue weighted by Crippen LogP contribution is 2.12. The SMILES string of the molecule is COc1ccc(COCC(C)CN)cc1. The molecule has 1 atom stereocenters. The van der Waals surface area contributed by atoms with Crippen LogP contribution in [0.1, 0.15) is 12.5 Å². The van der Waals surface area contributed by atoms with Crippen LogP contribution in [0.25, 0.3) is 0 Å². The molecule has 2 N–H and O–H groups in total. The van der Waals surface area contributed by atoms with Crippen molar-refractivity contribution in [2.45, 2.75) is 13.5 Å². The van der Waals surface area contributed by atoms with E-state index in [0.717, 1.165) is 11.3 Å². The van der Waals surface area contributed by atoms with E-state index in [1.54, 1.807) is 7.11 Å². The molecule has 0 fully saturated rings. The highest BCUT2D eigenvalue weighted by atomic mass is 16.5. The Balaban J connectivity index is 2.31. The Kier molecular flexibility index (Phi) is 5.15. The molecule has 1 rings (SSSR count). The number of ether oxygens (including phenoxy) is 2. The second kappa shape index (κ2) is 6.43. The van der Waals surface area contributed by atoms with Crippen LogP contribution in [0.3, 0.4) is 0 Å². The number of hydrogen-bond donors (Lipinski definition) is 1. The van der Waals surface area contributed by atoms with Crippen LogP contribution < -0.4 is 10.5 Å². The molecule has 0 aliphatic rings. The first-order chi connectivity index (χ1) is 7.26. The lowest BCUT2D eigenvalue weighted by Crippen LogP contribution is -2.16. The Morgan fingerprint density at radius 1 is 1.27 bits per heavy atom. The second-order valence-corrected chi connectivity index (χ2v) is 3.70. The van der Waals surface area contributed by atoms with Crippen LogP contribution in [-0.4, -0.2) is 20.3 Å². The van der Waals surface area contributed by atoms with Crippen molar-refractivity contribution in [2.24, 2.45) is 11.7 Å². The van der Waals surface area contributed by atoms with Crippen LogP contribution in [0.4, 0.5) is 0 Å². The lowest BCUT2D eigenvalue weighted by molar-refractivity contribution is 0.0943. The second-order valence-electron chi connectivity index (χ2n) is 3.70. The van der Waals surface area contributed by atoms with Crippen molar-refractivity contribution >= 4 is 0 Å². The average molecular weight is 209 g/mol. The predicted molar refractivity (Wildman–Crippen MR) is 60.9 cm³/mol. The first-order valence-electron chi connectivity index (χ1n) is 5.17. The van der Waals surface area contributed by atoms with E-state index < -0.39 is 0 Å². The molecule has 15 heavy (non-hydrogen) atoms. The summed E-state index contributed by atoms with van der Waals surface area (Å²) in [5.74, 6) is 1.29. The molecule has 1 unspecified atom stereocenters. The van der Waals surface area contributed by atoms with E-state index in [1.807, 2.05) is 24.3 Å². The first-order valence-corrected chi connectivity index (χ1v) is 5.17. The lowest BCUT2D eigenvalue weighted by atomic mass is 10.2. The molecule has 1 aromatic rings. The molecule has 0 aromatic heterocycles. The Morgan fingerprint density at radius 3 is 2.47 bits per heavy atom. The molecule has 0 aliphatic carbocycles. The summed E-state index contributed by atoms with van der Waals surface area (Å²) in [4.78, 5) is 0. The van der Waals surface area contributed by atoms with E-state index in [-0.39, 0.29) is 0 Å². The number of hydrogen-bond acceptors (Lipinski definition) is 3. The smallest absolute Gasteiger partial charge is 0.118 e. The van der Waals surface area contributed by atoms with E-state index in [0.29, 0.717) is 25.7 Å². The zero-order chi connectivity index (χ0) is 11.1. The van der Waals surface area contributed by atoms with Gasteiger partial charge in [-0.1, -0.05) is 19.1 Å². The maximum atomic E-state index is 5.53. The molecule has 0 saturated heterocycles. The maximum Gasteiger partial charge on any atom is 0.118 e. The maximum absolute atomic E-state index is 5.53. The van der Waals surface area contributed by atoms with Gasteiger partial charge in [0, 0.05) is 0 Å². The van der Waals surface area contributed by atoms with Gasteiger partial charge in [0.25, 0.3) is 0 Å². The van der Waals surface area contributed by atoms with Crippen molar-refractivity contribution in [1.29, 1.82) is 0 Å². The van der Waals surface area contributed by atoms with Crippen LogP contribution in [0.15, 0.2) is 24.3 Å².